The lowest BCUT2D eigenvalue weighted by molar-refractivity contribution is 0.208. The highest BCUT2D eigenvalue weighted by molar-refractivity contribution is 5.89. The summed E-state index contributed by atoms with van der Waals surface area (Å²) in [6, 6.07) is 9.96. The number of rotatable bonds is 3. The van der Waals surface area contributed by atoms with Gasteiger partial charge in [0.15, 0.2) is 5.82 Å². The van der Waals surface area contributed by atoms with Crippen LogP contribution < -0.4 is 10.2 Å². The van der Waals surface area contributed by atoms with Gasteiger partial charge >= 0.3 is 6.03 Å². The second kappa shape index (κ2) is 6.66. The van der Waals surface area contributed by atoms with E-state index in [-0.39, 0.29) is 11.7 Å². The largest absolute Gasteiger partial charge is 0.352 e. The van der Waals surface area contributed by atoms with Crippen LogP contribution in [-0.2, 0) is 0 Å². The molecule has 1 N–H and O–H groups in total. The first-order valence-electron chi connectivity index (χ1n) is 8.60. The van der Waals surface area contributed by atoms with Gasteiger partial charge in [-0.2, -0.15) is 5.10 Å². The third-order valence-corrected chi connectivity index (χ3v) is 4.67. The van der Waals surface area contributed by atoms with Gasteiger partial charge in [0, 0.05) is 32.1 Å². The minimum absolute atomic E-state index is 0.205. The molecule has 1 aliphatic carbocycles. The fourth-order valence-electron chi connectivity index (χ4n) is 3.00. The van der Waals surface area contributed by atoms with Crippen LogP contribution in [-0.4, -0.2) is 47.3 Å². The monoisotopic (exact) mass is 341 g/mol. The Bertz CT molecular complexity index is 754. The van der Waals surface area contributed by atoms with E-state index in [1.165, 1.54) is 18.9 Å². The topological polar surface area (TPSA) is 61.4 Å². The molecule has 1 aromatic carbocycles. The van der Waals surface area contributed by atoms with Gasteiger partial charge in [0.05, 0.1) is 11.4 Å². The Morgan fingerprint density at radius 3 is 2.44 bits per heavy atom. The number of aromatic nitrogens is 2. The number of carbonyl (C=O) groups is 1. The van der Waals surface area contributed by atoms with E-state index in [0.29, 0.717) is 32.1 Å². The number of para-hydroxylation sites is 1. The fourth-order valence-corrected chi connectivity index (χ4v) is 3.00. The van der Waals surface area contributed by atoms with E-state index < -0.39 is 5.82 Å². The Hall–Kier alpha value is -2.70. The van der Waals surface area contributed by atoms with Gasteiger partial charge in [-0.3, -0.25) is 0 Å². The normalized spacial score (nSPS) is 17.5. The van der Waals surface area contributed by atoms with E-state index in [4.69, 9.17) is 0 Å². The predicted molar refractivity (Wildman–Crippen MR) is 93.2 cm³/mol. The summed E-state index contributed by atoms with van der Waals surface area (Å²) in [5, 5.41) is 11.3. The summed E-state index contributed by atoms with van der Waals surface area (Å²) in [6.45, 7) is 2.49. The van der Waals surface area contributed by atoms with Crippen LogP contribution in [0.15, 0.2) is 36.4 Å². The lowest BCUT2D eigenvalue weighted by atomic mass is 10.2. The van der Waals surface area contributed by atoms with E-state index in [1.54, 1.807) is 23.1 Å². The van der Waals surface area contributed by atoms with Crippen molar-refractivity contribution >= 4 is 17.5 Å². The first kappa shape index (κ1) is 15.8. The van der Waals surface area contributed by atoms with Gasteiger partial charge in [-0.25, -0.2) is 9.18 Å². The highest BCUT2D eigenvalue weighted by Crippen LogP contribution is 2.38. The summed E-state index contributed by atoms with van der Waals surface area (Å²) in [4.78, 5) is 16.1. The molecule has 2 fully saturated rings. The van der Waals surface area contributed by atoms with Gasteiger partial charge in [0.25, 0.3) is 0 Å². The highest BCUT2D eigenvalue weighted by Gasteiger charge is 2.26. The van der Waals surface area contributed by atoms with Gasteiger partial charge in [0.2, 0.25) is 0 Å². The van der Waals surface area contributed by atoms with Crippen molar-refractivity contribution in [3.63, 3.8) is 0 Å². The third kappa shape index (κ3) is 3.55. The maximum absolute atomic E-state index is 13.6. The maximum Gasteiger partial charge on any atom is 0.322 e. The minimum Gasteiger partial charge on any atom is -0.352 e. The molecule has 1 aliphatic heterocycles. The molecule has 2 amide bonds. The number of nitrogens with one attached hydrogen (secondary N) is 1. The summed E-state index contributed by atoms with van der Waals surface area (Å²) < 4.78 is 13.6. The number of nitrogens with zero attached hydrogens (tertiary/aromatic N) is 4. The number of hydrogen-bond acceptors (Lipinski definition) is 4. The molecule has 7 heteroatoms. The van der Waals surface area contributed by atoms with Gasteiger partial charge in [-0.05, 0) is 37.1 Å². The zero-order valence-corrected chi connectivity index (χ0v) is 13.9. The molecule has 130 valence electrons. The molecule has 0 atom stereocenters. The summed E-state index contributed by atoms with van der Waals surface area (Å²) in [5.74, 6) is 1.01. The highest BCUT2D eigenvalue weighted by atomic mass is 19.1. The molecule has 2 aromatic rings. The van der Waals surface area contributed by atoms with Crippen molar-refractivity contribution < 1.29 is 9.18 Å². The Kier molecular flexibility index (Phi) is 4.21. The van der Waals surface area contributed by atoms with Crippen LogP contribution in [0.25, 0.3) is 0 Å². The maximum atomic E-state index is 13.6. The summed E-state index contributed by atoms with van der Waals surface area (Å²) in [7, 11) is 0. The van der Waals surface area contributed by atoms with Crippen LogP contribution >= 0.6 is 0 Å². The average Bonchev–Trinajstić information content (AvgIpc) is 3.49. The third-order valence-electron chi connectivity index (χ3n) is 4.67. The number of halogens is 1. The number of benzene rings is 1. The number of carbonyl (C=O) groups excluding carboxylic acids is 1. The molecule has 25 heavy (non-hydrogen) atoms. The standard InChI is InChI=1S/C18H20FN5O/c19-14-3-1-2-4-16(14)20-18(25)24-11-9-23(10-12-24)17-8-7-15(21-22-17)13-5-6-13/h1-4,7-8,13H,5-6,9-12H2,(H,20,25). The Labute approximate surface area is 145 Å². The van der Waals surface area contributed by atoms with Crippen molar-refractivity contribution in [1.29, 1.82) is 0 Å². The number of hydrogen-bond donors (Lipinski definition) is 1. The predicted octanol–water partition coefficient (Wildman–Crippen LogP) is 2.85. The molecule has 1 saturated carbocycles. The second-order valence-corrected chi connectivity index (χ2v) is 6.47. The number of amides is 2. The van der Waals surface area contributed by atoms with Crippen molar-refractivity contribution in [2.75, 3.05) is 36.4 Å². The molecule has 6 nitrogen and oxygen atoms in total. The van der Waals surface area contributed by atoms with Crippen molar-refractivity contribution in [1.82, 2.24) is 15.1 Å². The Balaban J connectivity index is 1.33. The number of urea groups is 1. The molecular formula is C18H20FN5O. The van der Waals surface area contributed by atoms with Crippen LogP contribution in [0.1, 0.15) is 24.5 Å². The van der Waals surface area contributed by atoms with Gasteiger partial charge in [0.1, 0.15) is 5.82 Å². The molecule has 0 unspecified atom stereocenters. The van der Waals surface area contributed by atoms with Crippen LogP contribution in [0.5, 0.6) is 0 Å². The summed E-state index contributed by atoms with van der Waals surface area (Å²) in [5.41, 5.74) is 1.28. The molecule has 2 heterocycles. The Morgan fingerprint density at radius 1 is 1.04 bits per heavy atom. The molecule has 4 rings (SSSR count). The summed E-state index contributed by atoms with van der Waals surface area (Å²) in [6.07, 6.45) is 2.42. The number of anilines is 2. The van der Waals surface area contributed by atoms with E-state index in [0.717, 1.165) is 11.5 Å². The molecule has 2 aliphatic rings. The van der Waals surface area contributed by atoms with Crippen LogP contribution in [0.3, 0.4) is 0 Å². The van der Waals surface area contributed by atoms with E-state index in [1.807, 2.05) is 6.07 Å². The van der Waals surface area contributed by atoms with Gasteiger partial charge < -0.3 is 15.1 Å². The molecule has 1 saturated heterocycles. The lowest BCUT2D eigenvalue weighted by Crippen LogP contribution is -2.50. The zero-order valence-electron chi connectivity index (χ0n) is 13.9. The Morgan fingerprint density at radius 2 is 1.80 bits per heavy atom. The lowest BCUT2D eigenvalue weighted by Gasteiger charge is -2.35. The molecule has 1 aromatic heterocycles. The molecule has 0 radical (unpaired) electrons. The van der Waals surface area contributed by atoms with E-state index in [9.17, 15) is 9.18 Å². The molecule has 0 bridgehead atoms. The average molecular weight is 341 g/mol. The second-order valence-electron chi connectivity index (χ2n) is 6.47. The van der Waals surface area contributed by atoms with Crippen LogP contribution in [0.4, 0.5) is 20.7 Å². The van der Waals surface area contributed by atoms with Crippen molar-refractivity contribution in [3.8, 4) is 0 Å². The van der Waals surface area contributed by atoms with Gasteiger partial charge in [-0.1, -0.05) is 12.1 Å². The molecule has 0 spiro atoms. The minimum atomic E-state index is -0.430. The van der Waals surface area contributed by atoms with E-state index >= 15 is 0 Å². The first-order valence-corrected chi connectivity index (χ1v) is 8.60. The van der Waals surface area contributed by atoms with Crippen LogP contribution in [0, 0.1) is 5.82 Å². The number of piperazine rings is 1. The SMILES string of the molecule is O=C(Nc1ccccc1F)N1CCN(c2ccc(C3CC3)nn2)CC1. The van der Waals surface area contributed by atoms with Crippen molar-refractivity contribution in [3.05, 3.63) is 47.9 Å². The van der Waals surface area contributed by atoms with Crippen molar-refractivity contribution in [2.45, 2.75) is 18.8 Å². The van der Waals surface area contributed by atoms with Crippen molar-refractivity contribution in [2.24, 2.45) is 0 Å². The van der Waals surface area contributed by atoms with E-state index in [2.05, 4.69) is 26.5 Å². The van der Waals surface area contributed by atoms with Crippen LogP contribution in [0.2, 0.25) is 0 Å². The molecular weight excluding hydrogens is 321 g/mol. The van der Waals surface area contributed by atoms with Gasteiger partial charge in [-0.15, -0.1) is 5.10 Å². The summed E-state index contributed by atoms with van der Waals surface area (Å²) >= 11 is 0. The quantitative estimate of drug-likeness (QED) is 0.932. The fraction of sp³-hybridized carbons (Fsp3) is 0.389. The first-order chi connectivity index (χ1) is 12.2. The smallest absolute Gasteiger partial charge is 0.322 e. The zero-order chi connectivity index (χ0) is 17.2.